The Bertz CT molecular complexity index is 1060. The van der Waals surface area contributed by atoms with Crippen LogP contribution in [0.5, 0.6) is 11.5 Å². The number of carbonyl (C=O) groups excluding carboxylic acids is 2. The van der Waals surface area contributed by atoms with E-state index >= 15 is 0 Å². The van der Waals surface area contributed by atoms with E-state index in [0.717, 1.165) is 11.1 Å². The van der Waals surface area contributed by atoms with Crippen molar-refractivity contribution in [2.24, 2.45) is 13.0 Å². The van der Waals surface area contributed by atoms with Crippen LogP contribution in [0.2, 0.25) is 0 Å². The molecule has 1 aliphatic heterocycles. The minimum atomic E-state index is -0.919. The molecule has 0 unspecified atom stereocenters. The highest BCUT2D eigenvalue weighted by Gasteiger charge is 2.28. The summed E-state index contributed by atoms with van der Waals surface area (Å²) in [5.41, 5.74) is 2.56. The summed E-state index contributed by atoms with van der Waals surface area (Å²) in [4.78, 5) is 25.4. The van der Waals surface area contributed by atoms with Gasteiger partial charge in [0.05, 0.1) is 11.8 Å². The third kappa shape index (κ3) is 3.65. The van der Waals surface area contributed by atoms with E-state index in [4.69, 9.17) is 18.6 Å². The Morgan fingerprint density at radius 3 is 2.72 bits per heavy atom. The maximum absolute atomic E-state index is 12.7. The van der Waals surface area contributed by atoms with E-state index < -0.39 is 12.1 Å². The molecule has 1 N–H and O–H groups in total. The van der Waals surface area contributed by atoms with Crippen molar-refractivity contribution in [3.8, 4) is 11.5 Å². The topological polar surface area (TPSA) is 91.9 Å². The van der Waals surface area contributed by atoms with E-state index in [0.29, 0.717) is 22.8 Å². The van der Waals surface area contributed by atoms with Gasteiger partial charge in [-0.1, -0.05) is 19.9 Å². The molecule has 1 amide bonds. The monoisotopic (exact) mass is 398 g/mol. The molecule has 1 aliphatic rings. The van der Waals surface area contributed by atoms with Crippen molar-refractivity contribution in [1.29, 1.82) is 0 Å². The van der Waals surface area contributed by atoms with Gasteiger partial charge in [0, 0.05) is 25.7 Å². The van der Waals surface area contributed by atoms with Crippen molar-refractivity contribution in [2.45, 2.75) is 26.5 Å². The van der Waals surface area contributed by atoms with Crippen LogP contribution < -0.4 is 14.8 Å². The number of fused-ring (bicyclic) bond motifs is 2. The van der Waals surface area contributed by atoms with Gasteiger partial charge in [-0.25, -0.2) is 4.79 Å². The number of benzene rings is 1. The Morgan fingerprint density at radius 1 is 1.17 bits per heavy atom. The molecule has 1 atom stereocenters. The molecule has 152 valence electrons. The van der Waals surface area contributed by atoms with Crippen LogP contribution in [0.3, 0.4) is 0 Å². The fraction of sp³-hybridized carbons (Fsp3) is 0.333. The molecule has 8 nitrogen and oxygen atoms in total. The van der Waals surface area contributed by atoms with Crippen molar-refractivity contribution >= 4 is 23.0 Å². The van der Waals surface area contributed by atoms with Crippen molar-refractivity contribution in [3.63, 3.8) is 0 Å². The molecule has 0 saturated carbocycles. The zero-order chi connectivity index (χ0) is 20.5. The first kappa shape index (κ1) is 18.9. The molecule has 0 spiro atoms. The first-order chi connectivity index (χ1) is 13.9. The number of ether oxygens (including phenoxy) is 3. The van der Waals surface area contributed by atoms with Crippen LogP contribution in [0.4, 0.5) is 0 Å². The highest BCUT2D eigenvalue weighted by molar-refractivity contribution is 5.95. The molecule has 3 heterocycles. The van der Waals surface area contributed by atoms with Crippen molar-refractivity contribution in [3.05, 3.63) is 47.9 Å². The summed E-state index contributed by atoms with van der Waals surface area (Å²) >= 11 is 0. The number of nitrogens with zero attached hydrogens (tertiary/aromatic N) is 1. The zero-order valence-electron chi connectivity index (χ0n) is 16.4. The fourth-order valence-electron chi connectivity index (χ4n) is 3.25. The van der Waals surface area contributed by atoms with Gasteiger partial charge in [-0.15, -0.1) is 0 Å². The molecule has 0 bridgehead atoms. The Labute approximate surface area is 167 Å². The lowest BCUT2D eigenvalue weighted by atomic mass is 10.1. The van der Waals surface area contributed by atoms with Gasteiger partial charge in [0.25, 0.3) is 5.91 Å². The van der Waals surface area contributed by atoms with Crippen LogP contribution in [0.15, 0.2) is 41.0 Å². The molecule has 2 aromatic heterocycles. The van der Waals surface area contributed by atoms with Gasteiger partial charge in [-0.3, -0.25) is 4.79 Å². The van der Waals surface area contributed by atoms with Crippen LogP contribution in [0.25, 0.3) is 11.1 Å². The summed E-state index contributed by atoms with van der Waals surface area (Å²) in [6, 6.07) is 8.85. The summed E-state index contributed by atoms with van der Waals surface area (Å²) in [7, 11) is 1.75. The second-order valence-electron chi connectivity index (χ2n) is 7.23. The minimum Gasteiger partial charge on any atom is -0.463 e. The second-order valence-corrected chi connectivity index (χ2v) is 7.23. The summed E-state index contributed by atoms with van der Waals surface area (Å²) in [6.45, 7) is 4.14. The molecule has 4 rings (SSSR count). The van der Waals surface area contributed by atoms with Gasteiger partial charge < -0.3 is 28.5 Å². The first-order valence-electron chi connectivity index (χ1n) is 9.34. The molecular weight excluding hydrogens is 376 g/mol. The summed E-state index contributed by atoms with van der Waals surface area (Å²) in [6.07, 6.45) is 0.637. The van der Waals surface area contributed by atoms with E-state index in [-0.39, 0.29) is 25.2 Å². The lowest BCUT2D eigenvalue weighted by Gasteiger charge is -2.21. The molecule has 0 aliphatic carbocycles. The van der Waals surface area contributed by atoms with Crippen LogP contribution in [0, 0.1) is 5.92 Å². The van der Waals surface area contributed by atoms with Crippen LogP contribution >= 0.6 is 0 Å². The maximum Gasteiger partial charge on any atom is 0.355 e. The largest absolute Gasteiger partial charge is 0.463 e. The number of amides is 1. The van der Waals surface area contributed by atoms with Crippen LogP contribution in [-0.2, 0) is 23.1 Å². The Balaban J connectivity index is 1.42. The van der Waals surface area contributed by atoms with E-state index in [2.05, 4.69) is 5.32 Å². The van der Waals surface area contributed by atoms with Crippen molar-refractivity contribution < 1.29 is 28.2 Å². The number of esters is 1. The molecule has 0 saturated heterocycles. The average Bonchev–Trinajstić information content (AvgIpc) is 3.41. The molecule has 1 aromatic carbocycles. The third-order valence-electron chi connectivity index (χ3n) is 4.87. The summed E-state index contributed by atoms with van der Waals surface area (Å²) in [5.74, 6) is 0.206. The predicted octanol–water partition coefficient (Wildman–Crippen LogP) is 3.00. The molecule has 8 heteroatoms. The average molecular weight is 398 g/mol. The van der Waals surface area contributed by atoms with Gasteiger partial charge in [0.1, 0.15) is 5.69 Å². The smallest absolute Gasteiger partial charge is 0.355 e. The van der Waals surface area contributed by atoms with Gasteiger partial charge in [0.2, 0.25) is 6.79 Å². The Hall–Kier alpha value is -3.42. The van der Waals surface area contributed by atoms with Crippen molar-refractivity contribution in [2.75, 3.05) is 6.79 Å². The number of furan rings is 1. The molecular formula is C21H22N2O6. The van der Waals surface area contributed by atoms with Gasteiger partial charge in [-0.05, 0) is 23.6 Å². The van der Waals surface area contributed by atoms with Crippen LogP contribution in [0.1, 0.15) is 29.9 Å². The summed E-state index contributed by atoms with van der Waals surface area (Å²) in [5, 5.41) is 2.83. The number of nitrogens with one attached hydrogen (secondary N) is 1. The lowest BCUT2D eigenvalue weighted by Crippen LogP contribution is -2.40. The SMILES string of the molecule is CC(C)[C@H](OC(=O)c1cc2occc2n1C)C(=O)NCc1ccc2c(c1)OCO2. The maximum atomic E-state index is 12.7. The van der Waals surface area contributed by atoms with Gasteiger partial charge in [-0.2, -0.15) is 0 Å². The third-order valence-corrected chi connectivity index (χ3v) is 4.87. The number of hydrogen-bond donors (Lipinski definition) is 1. The zero-order valence-corrected chi connectivity index (χ0v) is 16.4. The second kappa shape index (κ2) is 7.54. The van der Waals surface area contributed by atoms with Crippen LogP contribution in [-0.4, -0.2) is 29.3 Å². The molecule has 29 heavy (non-hydrogen) atoms. The fourth-order valence-corrected chi connectivity index (χ4v) is 3.25. The Morgan fingerprint density at radius 2 is 1.97 bits per heavy atom. The van der Waals surface area contributed by atoms with E-state index in [9.17, 15) is 9.59 Å². The predicted molar refractivity (Wildman–Crippen MR) is 104 cm³/mol. The Kier molecular flexibility index (Phi) is 4.92. The van der Waals surface area contributed by atoms with Gasteiger partial charge >= 0.3 is 5.97 Å². The van der Waals surface area contributed by atoms with E-state index in [1.165, 1.54) is 0 Å². The normalized spacial score (nSPS) is 13.7. The number of aromatic nitrogens is 1. The lowest BCUT2D eigenvalue weighted by molar-refractivity contribution is -0.132. The minimum absolute atomic E-state index is 0.194. The molecule has 0 radical (unpaired) electrons. The highest BCUT2D eigenvalue weighted by atomic mass is 16.7. The number of rotatable bonds is 6. The number of carbonyl (C=O) groups is 2. The van der Waals surface area contributed by atoms with E-state index in [1.807, 2.05) is 26.0 Å². The highest BCUT2D eigenvalue weighted by Crippen LogP contribution is 2.32. The summed E-state index contributed by atoms with van der Waals surface area (Å²) < 4.78 is 23.2. The number of hydrogen-bond acceptors (Lipinski definition) is 6. The van der Waals surface area contributed by atoms with E-state index in [1.54, 1.807) is 36.1 Å². The first-order valence-corrected chi connectivity index (χ1v) is 9.34. The standard InChI is InChI=1S/C21H22N2O6/c1-12(2)19(29-21(25)15-9-17-14(23(15)3)6-7-26-17)20(24)22-10-13-4-5-16-18(8-13)28-11-27-16/h4-9,12,19H,10-11H2,1-3H3,(H,22,24)/t19-/m0/s1. The van der Waals surface area contributed by atoms with Gasteiger partial charge in [0.15, 0.2) is 23.2 Å². The number of aryl methyl sites for hydroxylation is 1. The molecule has 0 fully saturated rings. The van der Waals surface area contributed by atoms with Crippen molar-refractivity contribution in [1.82, 2.24) is 9.88 Å². The quantitative estimate of drug-likeness (QED) is 0.642. The molecule has 3 aromatic rings.